The normalized spacial score (nSPS) is 12.0. The summed E-state index contributed by atoms with van der Waals surface area (Å²) in [4.78, 5) is 0.306. The molecule has 0 spiro atoms. The average molecular weight is 609 g/mol. The maximum Gasteiger partial charge on any atom is 0.500 e. The highest BCUT2D eigenvalue weighted by molar-refractivity contribution is 7.90. The van der Waals surface area contributed by atoms with Crippen LogP contribution in [0.1, 0.15) is 89.5 Å². The van der Waals surface area contributed by atoms with Crippen molar-refractivity contribution >= 4 is 18.6 Å². The first kappa shape index (κ1) is 35.3. The first-order valence-corrected chi connectivity index (χ1v) is 18.8. The van der Waals surface area contributed by atoms with Crippen LogP contribution in [0.2, 0.25) is 6.04 Å². The van der Waals surface area contributed by atoms with Gasteiger partial charge in [-0.2, -0.15) is 0 Å². The molecule has 0 aromatic heterocycles. The number of hydrogen-bond acceptors (Lipinski definition) is 7. The SMILES string of the molecule is CCCCCCOc1ccc(CS(=O)(=O)c2ccc(OCCCCCCCCCC[Si](OC)(OC)OC)cc2)cc1. The Kier molecular flexibility index (Phi) is 17.3. The second kappa shape index (κ2) is 20.1. The van der Waals surface area contributed by atoms with Crippen LogP contribution >= 0.6 is 0 Å². The molecule has 0 radical (unpaired) electrons. The quantitative estimate of drug-likeness (QED) is 0.0882. The fourth-order valence-electron chi connectivity index (χ4n) is 4.70. The minimum Gasteiger partial charge on any atom is -0.494 e. The van der Waals surface area contributed by atoms with Crippen molar-refractivity contribution in [2.45, 2.75) is 101 Å². The molecule has 0 bridgehead atoms. The minimum absolute atomic E-state index is 0.0417. The number of unbranched alkanes of at least 4 members (excludes halogenated alkanes) is 10. The van der Waals surface area contributed by atoms with Gasteiger partial charge in [0, 0.05) is 27.4 Å². The van der Waals surface area contributed by atoms with Gasteiger partial charge in [0.2, 0.25) is 0 Å². The number of hydrogen-bond donors (Lipinski definition) is 0. The van der Waals surface area contributed by atoms with Gasteiger partial charge in [-0.1, -0.05) is 76.8 Å². The maximum atomic E-state index is 12.9. The molecule has 0 aliphatic rings. The molecule has 2 aromatic rings. The van der Waals surface area contributed by atoms with E-state index < -0.39 is 18.6 Å². The summed E-state index contributed by atoms with van der Waals surface area (Å²) in [7, 11) is -0.868. The standard InChI is InChI=1S/C32H52O7SSi/c1-5-6-7-14-25-38-30-19-17-29(18-20-30)28-40(33,34)32-23-21-31(22-24-32)39-26-15-12-10-8-9-11-13-16-27-41(35-2,36-3)37-4/h17-24H,5-16,25-28H2,1-4H3. The highest BCUT2D eigenvalue weighted by Gasteiger charge is 2.36. The molecular weight excluding hydrogens is 556 g/mol. The van der Waals surface area contributed by atoms with E-state index in [1.54, 1.807) is 45.6 Å². The van der Waals surface area contributed by atoms with Gasteiger partial charge in [0.05, 0.1) is 23.9 Å². The molecule has 2 rings (SSSR count). The Labute approximate surface area is 250 Å². The average Bonchev–Trinajstić information content (AvgIpc) is 2.99. The molecule has 0 aliphatic carbocycles. The van der Waals surface area contributed by atoms with Crippen molar-refractivity contribution in [1.82, 2.24) is 0 Å². The van der Waals surface area contributed by atoms with Crippen LogP contribution in [-0.4, -0.2) is 51.8 Å². The Morgan fingerprint density at radius 3 is 1.51 bits per heavy atom. The highest BCUT2D eigenvalue weighted by atomic mass is 32.2. The molecule has 232 valence electrons. The molecule has 0 heterocycles. The summed E-state index contributed by atoms with van der Waals surface area (Å²) in [5.74, 6) is 1.44. The maximum absolute atomic E-state index is 12.9. The van der Waals surface area contributed by atoms with Crippen molar-refractivity contribution in [3.63, 3.8) is 0 Å². The third kappa shape index (κ3) is 13.7. The van der Waals surface area contributed by atoms with Crippen molar-refractivity contribution < 1.29 is 31.2 Å². The van der Waals surface area contributed by atoms with Crippen LogP contribution in [0.15, 0.2) is 53.4 Å². The summed E-state index contributed by atoms with van der Waals surface area (Å²) in [5.41, 5.74) is 0.746. The smallest absolute Gasteiger partial charge is 0.494 e. The molecule has 7 nitrogen and oxygen atoms in total. The van der Waals surface area contributed by atoms with Crippen molar-refractivity contribution in [2.75, 3.05) is 34.5 Å². The number of benzene rings is 2. The lowest BCUT2D eigenvalue weighted by Gasteiger charge is -2.24. The van der Waals surface area contributed by atoms with Gasteiger partial charge in [-0.25, -0.2) is 8.42 Å². The second-order valence-electron chi connectivity index (χ2n) is 10.5. The van der Waals surface area contributed by atoms with Crippen LogP contribution in [-0.2, 0) is 28.9 Å². The molecule has 41 heavy (non-hydrogen) atoms. The fourth-order valence-corrected chi connectivity index (χ4v) is 7.84. The van der Waals surface area contributed by atoms with Gasteiger partial charge < -0.3 is 22.8 Å². The first-order chi connectivity index (χ1) is 19.9. The molecular formula is C32H52O7SSi. The monoisotopic (exact) mass is 608 g/mol. The van der Waals surface area contributed by atoms with E-state index >= 15 is 0 Å². The van der Waals surface area contributed by atoms with Crippen LogP contribution in [0.3, 0.4) is 0 Å². The van der Waals surface area contributed by atoms with Crippen molar-refractivity contribution in [3.8, 4) is 11.5 Å². The van der Waals surface area contributed by atoms with Gasteiger partial charge >= 0.3 is 8.80 Å². The van der Waals surface area contributed by atoms with Crippen LogP contribution in [0.4, 0.5) is 0 Å². The zero-order valence-electron chi connectivity index (χ0n) is 25.7. The summed E-state index contributed by atoms with van der Waals surface area (Å²) in [6.07, 6.45) is 13.8. The summed E-state index contributed by atoms with van der Waals surface area (Å²) in [6, 6.07) is 15.0. The van der Waals surface area contributed by atoms with E-state index in [1.165, 1.54) is 51.4 Å². The molecule has 0 saturated carbocycles. The van der Waals surface area contributed by atoms with Gasteiger partial charge in [-0.05, 0) is 61.2 Å². The fraction of sp³-hybridized carbons (Fsp3) is 0.625. The number of ether oxygens (including phenoxy) is 2. The first-order valence-electron chi connectivity index (χ1n) is 15.2. The Morgan fingerprint density at radius 2 is 1.02 bits per heavy atom. The van der Waals surface area contributed by atoms with E-state index in [0.29, 0.717) is 23.9 Å². The van der Waals surface area contributed by atoms with E-state index in [4.69, 9.17) is 22.8 Å². The minimum atomic E-state index is -3.44. The summed E-state index contributed by atoms with van der Waals surface area (Å²) >= 11 is 0. The molecule has 0 N–H and O–H groups in total. The molecule has 2 aromatic carbocycles. The Morgan fingerprint density at radius 1 is 0.585 bits per heavy atom. The molecule has 9 heteroatoms. The summed E-state index contributed by atoms with van der Waals surface area (Å²) in [6.45, 7) is 3.51. The van der Waals surface area contributed by atoms with E-state index in [1.807, 2.05) is 24.3 Å². The van der Waals surface area contributed by atoms with E-state index in [0.717, 1.165) is 43.0 Å². The van der Waals surface area contributed by atoms with E-state index in [2.05, 4.69) is 6.92 Å². The van der Waals surface area contributed by atoms with Crippen LogP contribution in [0.25, 0.3) is 0 Å². The van der Waals surface area contributed by atoms with E-state index in [-0.39, 0.29) is 5.75 Å². The molecule has 0 unspecified atom stereocenters. The van der Waals surface area contributed by atoms with Crippen molar-refractivity contribution in [1.29, 1.82) is 0 Å². The lowest BCUT2D eigenvalue weighted by atomic mass is 10.1. The van der Waals surface area contributed by atoms with Crippen molar-refractivity contribution in [3.05, 3.63) is 54.1 Å². The highest BCUT2D eigenvalue weighted by Crippen LogP contribution is 2.22. The van der Waals surface area contributed by atoms with Gasteiger partial charge in [0.1, 0.15) is 11.5 Å². The van der Waals surface area contributed by atoms with Crippen LogP contribution < -0.4 is 9.47 Å². The zero-order chi connectivity index (χ0) is 29.8. The molecule has 0 amide bonds. The third-order valence-electron chi connectivity index (χ3n) is 7.31. The molecule has 0 aliphatic heterocycles. The Balaban J connectivity index is 1.60. The Bertz CT molecular complexity index is 1030. The van der Waals surface area contributed by atoms with Gasteiger partial charge in [0.25, 0.3) is 0 Å². The second-order valence-corrected chi connectivity index (χ2v) is 15.6. The third-order valence-corrected chi connectivity index (χ3v) is 11.8. The van der Waals surface area contributed by atoms with Gasteiger partial charge in [-0.15, -0.1) is 0 Å². The van der Waals surface area contributed by atoms with Gasteiger partial charge in [0.15, 0.2) is 9.84 Å². The van der Waals surface area contributed by atoms with Gasteiger partial charge in [-0.3, -0.25) is 0 Å². The molecule has 0 fully saturated rings. The Hall–Kier alpha value is -1.91. The summed E-state index contributed by atoms with van der Waals surface area (Å²) < 4.78 is 53.8. The van der Waals surface area contributed by atoms with E-state index in [9.17, 15) is 8.42 Å². The van der Waals surface area contributed by atoms with Crippen LogP contribution in [0, 0.1) is 0 Å². The largest absolute Gasteiger partial charge is 0.500 e. The lowest BCUT2D eigenvalue weighted by Crippen LogP contribution is -2.42. The number of rotatable bonds is 24. The topological polar surface area (TPSA) is 80.3 Å². The predicted octanol–water partition coefficient (Wildman–Crippen LogP) is 8.00. The molecule has 0 saturated heterocycles. The predicted molar refractivity (Wildman–Crippen MR) is 167 cm³/mol. The van der Waals surface area contributed by atoms with Crippen LogP contribution in [0.5, 0.6) is 11.5 Å². The van der Waals surface area contributed by atoms with Crippen molar-refractivity contribution in [2.24, 2.45) is 0 Å². The molecule has 0 atom stereocenters. The summed E-state index contributed by atoms with van der Waals surface area (Å²) in [5, 5.41) is 0. The zero-order valence-corrected chi connectivity index (χ0v) is 27.5. The lowest BCUT2D eigenvalue weighted by molar-refractivity contribution is 0.122. The number of sulfone groups is 1.